The van der Waals surface area contributed by atoms with E-state index in [2.05, 4.69) is 38.4 Å². The molecule has 0 saturated heterocycles. The Bertz CT molecular complexity index is 862. The number of rotatable bonds is 8. The zero-order chi connectivity index (χ0) is 21.2. The van der Waals surface area contributed by atoms with Crippen LogP contribution in [0.1, 0.15) is 41.5 Å². The van der Waals surface area contributed by atoms with Gasteiger partial charge in [0.25, 0.3) is 5.91 Å². The molecule has 1 heterocycles. The van der Waals surface area contributed by atoms with Gasteiger partial charge in [-0.05, 0) is 56.8 Å². The minimum atomic E-state index is -0.301. The van der Waals surface area contributed by atoms with Gasteiger partial charge in [-0.2, -0.15) is 10.2 Å². The molecule has 0 aliphatic rings. The van der Waals surface area contributed by atoms with Crippen molar-refractivity contribution in [2.75, 3.05) is 13.2 Å². The number of aromatic nitrogens is 2. The lowest BCUT2D eigenvalue weighted by Crippen LogP contribution is -2.46. The van der Waals surface area contributed by atoms with Crippen LogP contribution in [0.4, 0.5) is 11.4 Å². The second-order valence-electron chi connectivity index (χ2n) is 6.40. The molecule has 4 N–H and O–H groups in total. The first-order chi connectivity index (χ1) is 14.0. The summed E-state index contributed by atoms with van der Waals surface area (Å²) in [5, 5.41) is 25.3. The Hall–Kier alpha value is -2.85. The van der Waals surface area contributed by atoms with E-state index in [-0.39, 0.29) is 12.5 Å². The number of azo groups is 1. The number of benzene rings is 1. The summed E-state index contributed by atoms with van der Waals surface area (Å²) < 4.78 is 1.70. The van der Waals surface area contributed by atoms with Crippen molar-refractivity contribution in [1.29, 1.82) is 0 Å². The van der Waals surface area contributed by atoms with Crippen molar-refractivity contribution in [2.24, 2.45) is 10.2 Å². The van der Waals surface area contributed by atoms with Crippen LogP contribution in [0.3, 0.4) is 0 Å². The first-order valence-corrected chi connectivity index (χ1v) is 9.88. The predicted octanol–water partition coefficient (Wildman–Crippen LogP) is 2.82. The molecule has 0 spiro atoms. The summed E-state index contributed by atoms with van der Waals surface area (Å²) >= 11 is 5.09. The van der Waals surface area contributed by atoms with Crippen LogP contribution in [0.5, 0.6) is 0 Å². The summed E-state index contributed by atoms with van der Waals surface area (Å²) in [4.78, 5) is 12.2. The molecule has 0 radical (unpaired) electrons. The zero-order valence-electron chi connectivity index (χ0n) is 16.9. The molecular weight excluding hydrogens is 390 g/mol. The van der Waals surface area contributed by atoms with Crippen LogP contribution >= 0.6 is 12.2 Å². The summed E-state index contributed by atoms with van der Waals surface area (Å²) in [6.07, 6.45) is 2.07. The van der Waals surface area contributed by atoms with Crippen molar-refractivity contribution in [3.8, 4) is 0 Å². The number of unbranched alkanes of at least 4 members (excludes halogenated alkanes) is 1. The summed E-state index contributed by atoms with van der Waals surface area (Å²) in [5.74, 6) is -0.301. The van der Waals surface area contributed by atoms with Crippen LogP contribution in [-0.2, 0) is 6.54 Å². The fraction of sp³-hybridized carbons (Fsp3) is 0.421. The second kappa shape index (κ2) is 11.2. The molecule has 0 aliphatic carbocycles. The van der Waals surface area contributed by atoms with Gasteiger partial charge in [0.1, 0.15) is 5.69 Å². The topological polar surface area (TPSA) is 116 Å². The van der Waals surface area contributed by atoms with Crippen LogP contribution in [-0.4, -0.2) is 39.1 Å². The third kappa shape index (κ3) is 6.61. The summed E-state index contributed by atoms with van der Waals surface area (Å²) in [5.41, 5.74) is 8.57. The van der Waals surface area contributed by atoms with Gasteiger partial charge in [0.05, 0.1) is 30.2 Å². The molecule has 1 amide bonds. The highest BCUT2D eigenvalue weighted by Crippen LogP contribution is 2.25. The van der Waals surface area contributed by atoms with E-state index in [0.29, 0.717) is 28.6 Å². The van der Waals surface area contributed by atoms with E-state index in [1.165, 1.54) is 0 Å². The lowest BCUT2D eigenvalue weighted by atomic mass is 10.2. The highest BCUT2D eigenvalue weighted by atomic mass is 32.1. The number of carbonyl (C=O) groups excluding carboxylic acids is 1. The number of aliphatic hydroxyl groups is 1. The van der Waals surface area contributed by atoms with Crippen molar-refractivity contribution in [3.05, 3.63) is 41.2 Å². The maximum absolute atomic E-state index is 12.2. The molecule has 1 aromatic carbocycles. The number of nitrogens with zero attached hydrogens (tertiary/aromatic N) is 4. The van der Waals surface area contributed by atoms with Crippen molar-refractivity contribution in [1.82, 2.24) is 25.9 Å². The molecule has 9 nitrogen and oxygen atoms in total. The normalized spacial score (nSPS) is 10.9. The van der Waals surface area contributed by atoms with E-state index in [0.717, 1.165) is 30.8 Å². The number of hydrogen-bond donors (Lipinski definition) is 4. The molecule has 0 atom stereocenters. The Morgan fingerprint density at radius 3 is 2.59 bits per heavy atom. The van der Waals surface area contributed by atoms with Crippen LogP contribution in [0.15, 0.2) is 34.5 Å². The Balaban J connectivity index is 1.94. The number of carbonyl (C=O) groups is 1. The highest BCUT2D eigenvalue weighted by Gasteiger charge is 2.11. The van der Waals surface area contributed by atoms with Crippen molar-refractivity contribution >= 4 is 34.6 Å². The second-order valence-corrected chi connectivity index (χ2v) is 6.81. The fourth-order valence-corrected chi connectivity index (χ4v) is 2.69. The molecule has 0 unspecified atom stereocenters. The molecule has 156 valence electrons. The average molecular weight is 418 g/mol. The summed E-state index contributed by atoms with van der Waals surface area (Å²) in [6, 6.07) is 6.74. The molecule has 2 aromatic rings. The zero-order valence-corrected chi connectivity index (χ0v) is 17.7. The van der Waals surface area contributed by atoms with E-state index >= 15 is 0 Å². The Morgan fingerprint density at radius 1 is 1.21 bits per heavy atom. The third-order valence-electron chi connectivity index (χ3n) is 4.16. The Kier molecular flexibility index (Phi) is 8.68. The number of nitrogens with one attached hydrogen (secondary N) is 3. The van der Waals surface area contributed by atoms with Gasteiger partial charge in [-0.3, -0.25) is 20.3 Å². The van der Waals surface area contributed by atoms with E-state index in [1.807, 2.05) is 13.8 Å². The molecule has 0 bridgehead atoms. The van der Waals surface area contributed by atoms with Gasteiger partial charge < -0.3 is 10.4 Å². The van der Waals surface area contributed by atoms with Gasteiger partial charge in [0.2, 0.25) is 0 Å². The highest BCUT2D eigenvalue weighted by molar-refractivity contribution is 7.80. The van der Waals surface area contributed by atoms with E-state index < -0.39 is 0 Å². The van der Waals surface area contributed by atoms with Crippen LogP contribution in [0.25, 0.3) is 0 Å². The monoisotopic (exact) mass is 417 g/mol. The average Bonchev–Trinajstić information content (AvgIpc) is 2.98. The fourth-order valence-electron chi connectivity index (χ4n) is 2.54. The standard InChI is InChI=1S/C19H27N7O2S/c1-4-5-10-20-19(29)24-23-18(28)15-6-8-16(9-7-15)21-22-17-13(2)25-26(11-12-27)14(17)3/h6-9,27H,4-5,10-12H2,1-3H3,(H,23,28)(H2,20,24,29). The van der Waals surface area contributed by atoms with E-state index in [9.17, 15) is 4.79 Å². The first kappa shape index (κ1) is 22.4. The summed E-state index contributed by atoms with van der Waals surface area (Å²) in [7, 11) is 0. The SMILES string of the molecule is CCCCNC(=S)NNC(=O)c1ccc(N=Nc2c(C)nn(CCO)c2C)cc1. The van der Waals surface area contributed by atoms with Gasteiger partial charge in [-0.25, -0.2) is 0 Å². The lowest BCUT2D eigenvalue weighted by Gasteiger charge is -2.11. The molecule has 0 saturated carbocycles. The molecule has 1 aromatic heterocycles. The van der Waals surface area contributed by atoms with Crippen LogP contribution < -0.4 is 16.2 Å². The van der Waals surface area contributed by atoms with Crippen LogP contribution in [0.2, 0.25) is 0 Å². The molecule has 0 fully saturated rings. The Morgan fingerprint density at radius 2 is 1.93 bits per heavy atom. The minimum Gasteiger partial charge on any atom is -0.394 e. The smallest absolute Gasteiger partial charge is 0.269 e. The maximum Gasteiger partial charge on any atom is 0.269 e. The van der Waals surface area contributed by atoms with Crippen molar-refractivity contribution in [2.45, 2.75) is 40.2 Å². The first-order valence-electron chi connectivity index (χ1n) is 9.47. The molecule has 10 heteroatoms. The van der Waals surface area contributed by atoms with E-state index in [4.69, 9.17) is 17.3 Å². The van der Waals surface area contributed by atoms with Gasteiger partial charge in [-0.15, -0.1) is 5.11 Å². The minimum absolute atomic E-state index is 0.0104. The number of hydrazine groups is 1. The van der Waals surface area contributed by atoms with Gasteiger partial charge in [-0.1, -0.05) is 13.3 Å². The maximum atomic E-state index is 12.2. The molecular formula is C19H27N7O2S. The van der Waals surface area contributed by atoms with Gasteiger partial charge in [0, 0.05) is 12.1 Å². The van der Waals surface area contributed by atoms with Crippen molar-refractivity contribution < 1.29 is 9.90 Å². The largest absolute Gasteiger partial charge is 0.394 e. The van der Waals surface area contributed by atoms with Crippen LogP contribution in [0, 0.1) is 13.8 Å². The number of aliphatic hydroxyl groups excluding tert-OH is 1. The molecule has 29 heavy (non-hydrogen) atoms. The lowest BCUT2D eigenvalue weighted by molar-refractivity contribution is 0.0943. The predicted molar refractivity (Wildman–Crippen MR) is 116 cm³/mol. The van der Waals surface area contributed by atoms with Gasteiger partial charge in [0.15, 0.2) is 5.11 Å². The number of amides is 1. The summed E-state index contributed by atoms with van der Waals surface area (Å²) in [6.45, 7) is 7.00. The number of hydrogen-bond acceptors (Lipinski definition) is 6. The quantitative estimate of drug-likeness (QED) is 0.227. The molecule has 2 rings (SSSR count). The van der Waals surface area contributed by atoms with E-state index in [1.54, 1.807) is 28.9 Å². The van der Waals surface area contributed by atoms with Crippen molar-refractivity contribution in [3.63, 3.8) is 0 Å². The third-order valence-corrected chi connectivity index (χ3v) is 4.40. The number of aryl methyl sites for hydroxylation is 1. The Labute approximate surface area is 175 Å². The van der Waals surface area contributed by atoms with Gasteiger partial charge >= 0.3 is 0 Å². The molecule has 0 aliphatic heterocycles. The number of thiocarbonyl (C=S) groups is 1.